The van der Waals surface area contributed by atoms with Gasteiger partial charge in [-0.15, -0.1) is 0 Å². The Morgan fingerprint density at radius 2 is 1.74 bits per heavy atom. The van der Waals surface area contributed by atoms with Gasteiger partial charge in [-0.25, -0.2) is 0 Å². The zero-order valence-corrected chi connectivity index (χ0v) is 20.0. The molecule has 0 aliphatic carbocycles. The summed E-state index contributed by atoms with van der Waals surface area (Å²) in [5, 5.41) is 3.82. The number of amides is 2. The van der Waals surface area contributed by atoms with E-state index in [-0.39, 0.29) is 25.0 Å². The maximum atomic E-state index is 13.2. The third-order valence-corrected chi connectivity index (χ3v) is 5.52. The van der Waals surface area contributed by atoms with Crippen molar-refractivity contribution in [3.8, 4) is 5.75 Å². The summed E-state index contributed by atoms with van der Waals surface area (Å²) >= 11 is 12.7. The van der Waals surface area contributed by atoms with Crippen molar-refractivity contribution in [2.24, 2.45) is 5.92 Å². The lowest BCUT2D eigenvalue weighted by molar-refractivity contribution is -0.143. The number of hydrogen-bond acceptors (Lipinski definition) is 3. The second-order valence-electron chi connectivity index (χ2n) is 7.89. The summed E-state index contributed by atoms with van der Waals surface area (Å²) in [6.45, 7) is 8.31. The van der Waals surface area contributed by atoms with Crippen molar-refractivity contribution in [1.82, 2.24) is 10.2 Å². The largest absolute Gasteiger partial charge is 0.484 e. The number of rotatable bonds is 10. The molecule has 0 radical (unpaired) electrons. The Hall–Kier alpha value is -2.24. The highest BCUT2D eigenvalue weighted by molar-refractivity contribution is 6.36. The monoisotopic (exact) mass is 464 g/mol. The van der Waals surface area contributed by atoms with E-state index in [1.807, 2.05) is 45.9 Å². The summed E-state index contributed by atoms with van der Waals surface area (Å²) in [5.74, 6) is 0.377. The number of halogens is 2. The zero-order valence-electron chi connectivity index (χ0n) is 18.5. The Morgan fingerprint density at radius 1 is 1.10 bits per heavy atom. The summed E-state index contributed by atoms with van der Waals surface area (Å²) in [7, 11) is 0. The highest BCUT2D eigenvalue weighted by Gasteiger charge is 2.30. The van der Waals surface area contributed by atoms with E-state index < -0.39 is 6.04 Å². The van der Waals surface area contributed by atoms with Gasteiger partial charge in [0.1, 0.15) is 11.8 Å². The fraction of sp³-hybridized carbons (Fsp3) is 0.417. The fourth-order valence-electron chi connectivity index (χ4n) is 3.13. The predicted octanol–water partition coefficient (Wildman–Crippen LogP) is 5.26. The molecule has 0 aliphatic heterocycles. The van der Waals surface area contributed by atoms with Crippen molar-refractivity contribution in [1.29, 1.82) is 0 Å². The van der Waals surface area contributed by atoms with Crippen LogP contribution < -0.4 is 10.1 Å². The van der Waals surface area contributed by atoms with Crippen molar-refractivity contribution in [3.63, 3.8) is 0 Å². The van der Waals surface area contributed by atoms with E-state index in [0.717, 1.165) is 5.56 Å². The first kappa shape index (κ1) is 25.0. The van der Waals surface area contributed by atoms with Gasteiger partial charge in [0.15, 0.2) is 6.61 Å². The number of carbonyl (C=O) groups excluding carboxylic acids is 2. The lowest BCUT2D eigenvalue weighted by Gasteiger charge is -2.31. The minimum atomic E-state index is -0.667. The molecule has 1 atom stereocenters. The Bertz CT molecular complexity index is 882. The molecule has 0 saturated heterocycles. The third-order valence-electron chi connectivity index (χ3n) is 4.81. The molecule has 0 bridgehead atoms. The topological polar surface area (TPSA) is 58.6 Å². The van der Waals surface area contributed by atoms with Gasteiger partial charge in [-0.05, 0) is 49.1 Å². The maximum Gasteiger partial charge on any atom is 0.261 e. The van der Waals surface area contributed by atoms with Gasteiger partial charge in [0, 0.05) is 28.7 Å². The Morgan fingerprint density at radius 3 is 2.32 bits per heavy atom. The molecule has 0 fully saturated rings. The van der Waals surface area contributed by atoms with Gasteiger partial charge >= 0.3 is 0 Å². The average Bonchev–Trinajstić information content (AvgIpc) is 2.72. The van der Waals surface area contributed by atoms with Crippen LogP contribution in [0.4, 0.5) is 0 Å². The van der Waals surface area contributed by atoms with E-state index in [9.17, 15) is 9.59 Å². The minimum Gasteiger partial charge on any atom is -0.484 e. The molecule has 31 heavy (non-hydrogen) atoms. The predicted molar refractivity (Wildman–Crippen MR) is 126 cm³/mol. The Kier molecular flexibility index (Phi) is 9.66. The molecule has 0 aliphatic rings. The van der Waals surface area contributed by atoms with Crippen LogP contribution in [0.25, 0.3) is 0 Å². The summed E-state index contributed by atoms with van der Waals surface area (Å²) in [4.78, 5) is 27.6. The van der Waals surface area contributed by atoms with Gasteiger partial charge in [0.05, 0.1) is 0 Å². The summed E-state index contributed by atoms with van der Waals surface area (Å²) < 4.78 is 5.71. The lowest BCUT2D eigenvalue weighted by Crippen LogP contribution is -2.50. The zero-order chi connectivity index (χ0) is 23.0. The van der Waals surface area contributed by atoms with Crippen LogP contribution in [0.1, 0.15) is 38.3 Å². The van der Waals surface area contributed by atoms with E-state index in [1.54, 1.807) is 24.3 Å². The first-order valence-electron chi connectivity index (χ1n) is 10.4. The summed E-state index contributed by atoms with van der Waals surface area (Å²) in [5.41, 5.74) is 1.63. The summed E-state index contributed by atoms with van der Waals surface area (Å²) in [6, 6.07) is 12.0. The molecule has 0 saturated carbocycles. The standard InChI is InChI=1S/C24H30Cl2N2O3/c1-5-22(24(30)27-13-16(2)3)28(14-19-20(25)10-7-11-21(19)26)23(29)15-31-18-9-6-8-17(4)12-18/h6-12,16,22H,5,13-15H2,1-4H3,(H,27,30). The van der Waals surface area contributed by atoms with E-state index in [0.29, 0.717) is 40.2 Å². The van der Waals surface area contributed by atoms with Crippen LogP contribution in [0.15, 0.2) is 42.5 Å². The molecule has 1 unspecified atom stereocenters. The van der Waals surface area contributed by atoms with Gasteiger partial charge in [-0.1, -0.05) is 62.2 Å². The number of ether oxygens (including phenoxy) is 1. The van der Waals surface area contributed by atoms with Crippen molar-refractivity contribution < 1.29 is 14.3 Å². The minimum absolute atomic E-state index is 0.113. The molecule has 7 heteroatoms. The van der Waals surface area contributed by atoms with Gasteiger partial charge in [-0.3, -0.25) is 9.59 Å². The fourth-order valence-corrected chi connectivity index (χ4v) is 3.65. The van der Waals surface area contributed by atoms with Crippen LogP contribution in [0.5, 0.6) is 5.75 Å². The van der Waals surface area contributed by atoms with Crippen LogP contribution in [0, 0.1) is 12.8 Å². The number of benzene rings is 2. The van der Waals surface area contributed by atoms with Crippen molar-refractivity contribution >= 4 is 35.0 Å². The highest BCUT2D eigenvalue weighted by Crippen LogP contribution is 2.27. The Balaban J connectivity index is 2.26. The first-order valence-corrected chi connectivity index (χ1v) is 11.2. The van der Waals surface area contributed by atoms with Crippen molar-refractivity contribution in [2.45, 2.75) is 46.7 Å². The van der Waals surface area contributed by atoms with Gasteiger partial charge < -0.3 is 15.0 Å². The molecule has 0 aromatic heterocycles. The molecule has 168 valence electrons. The molecule has 5 nitrogen and oxygen atoms in total. The molecular weight excluding hydrogens is 435 g/mol. The molecule has 2 aromatic rings. The SMILES string of the molecule is CCC(C(=O)NCC(C)C)N(Cc1c(Cl)cccc1Cl)C(=O)COc1cccc(C)c1. The quantitative estimate of drug-likeness (QED) is 0.521. The van der Waals surface area contributed by atoms with Gasteiger partial charge in [-0.2, -0.15) is 0 Å². The smallest absolute Gasteiger partial charge is 0.261 e. The number of nitrogens with zero attached hydrogens (tertiary/aromatic N) is 1. The van der Waals surface area contributed by atoms with Crippen LogP contribution in [0.3, 0.4) is 0 Å². The second kappa shape index (κ2) is 12.0. The molecule has 2 rings (SSSR count). The lowest BCUT2D eigenvalue weighted by atomic mass is 10.1. The average molecular weight is 465 g/mol. The number of hydrogen-bond donors (Lipinski definition) is 1. The van der Waals surface area contributed by atoms with E-state index in [2.05, 4.69) is 5.32 Å². The van der Waals surface area contributed by atoms with E-state index >= 15 is 0 Å². The molecule has 2 aromatic carbocycles. The molecule has 0 spiro atoms. The Labute approximate surface area is 194 Å². The van der Waals surface area contributed by atoms with Crippen LogP contribution in [0.2, 0.25) is 10.0 Å². The summed E-state index contributed by atoms with van der Waals surface area (Å²) in [6.07, 6.45) is 0.447. The first-order chi connectivity index (χ1) is 14.7. The second-order valence-corrected chi connectivity index (χ2v) is 8.70. The van der Waals surface area contributed by atoms with Crippen molar-refractivity contribution in [2.75, 3.05) is 13.2 Å². The number of nitrogens with one attached hydrogen (secondary N) is 1. The molecule has 0 heterocycles. The van der Waals surface area contributed by atoms with E-state index in [1.165, 1.54) is 4.90 Å². The van der Waals surface area contributed by atoms with Crippen LogP contribution in [-0.2, 0) is 16.1 Å². The number of carbonyl (C=O) groups is 2. The van der Waals surface area contributed by atoms with Crippen LogP contribution >= 0.6 is 23.2 Å². The van der Waals surface area contributed by atoms with E-state index in [4.69, 9.17) is 27.9 Å². The van der Waals surface area contributed by atoms with Crippen LogP contribution in [-0.4, -0.2) is 35.9 Å². The highest BCUT2D eigenvalue weighted by atomic mass is 35.5. The molecule has 1 N–H and O–H groups in total. The molecule has 2 amide bonds. The third kappa shape index (κ3) is 7.44. The normalized spacial score (nSPS) is 11.8. The van der Waals surface area contributed by atoms with Gasteiger partial charge in [0.25, 0.3) is 5.91 Å². The van der Waals surface area contributed by atoms with Crippen molar-refractivity contribution in [3.05, 3.63) is 63.6 Å². The van der Waals surface area contributed by atoms with Gasteiger partial charge in [0.2, 0.25) is 5.91 Å². The maximum absolute atomic E-state index is 13.2. The molecular formula is C24H30Cl2N2O3. The number of aryl methyl sites for hydroxylation is 1.